The van der Waals surface area contributed by atoms with Gasteiger partial charge in [0.15, 0.2) is 0 Å². The number of nitriles is 1. The van der Waals surface area contributed by atoms with Gasteiger partial charge in [0.25, 0.3) is 0 Å². The predicted octanol–water partition coefficient (Wildman–Crippen LogP) is 3.64. The number of amides is 3. The summed E-state index contributed by atoms with van der Waals surface area (Å²) in [6.07, 6.45) is 0.226. The minimum atomic E-state index is -1.03. The zero-order valence-electron chi connectivity index (χ0n) is 20.4. The summed E-state index contributed by atoms with van der Waals surface area (Å²) in [6, 6.07) is 16.3. The minimum Gasteiger partial charge on any atom is -0.445 e. The van der Waals surface area contributed by atoms with Gasteiger partial charge in [-0.1, -0.05) is 69.3 Å². The van der Waals surface area contributed by atoms with Crippen LogP contribution in [0.2, 0.25) is 0 Å². The standard InChI is InChI=1S/C27H32N4O4/c1-27(2,3)21-7-4-6-20(14-21)19-11-9-18(10-12-19)17-35-26(34)31-13-5-8-23(31)25(33)30-22(16-28)15-24(29)32/h4,6-7,9-12,14,22-23H,5,8,13,15,17H2,1-3H3,(H2,29,32)(H,30,33)/t22-,23-/m0/s1. The van der Waals surface area contributed by atoms with Gasteiger partial charge in [0, 0.05) is 6.54 Å². The number of hydrogen-bond donors (Lipinski definition) is 2. The summed E-state index contributed by atoms with van der Waals surface area (Å²) in [4.78, 5) is 37.7. The van der Waals surface area contributed by atoms with Crippen molar-refractivity contribution in [1.29, 1.82) is 5.26 Å². The van der Waals surface area contributed by atoms with E-state index in [1.807, 2.05) is 30.3 Å². The average Bonchev–Trinajstić information content (AvgIpc) is 3.32. The van der Waals surface area contributed by atoms with Crippen LogP contribution in [0.5, 0.6) is 0 Å². The third kappa shape index (κ3) is 6.82. The number of primary amides is 1. The van der Waals surface area contributed by atoms with Crippen LogP contribution >= 0.6 is 0 Å². The van der Waals surface area contributed by atoms with Crippen LogP contribution in [0.25, 0.3) is 11.1 Å². The van der Waals surface area contributed by atoms with E-state index in [0.717, 1.165) is 16.7 Å². The number of hydrogen-bond acceptors (Lipinski definition) is 5. The van der Waals surface area contributed by atoms with Crippen molar-refractivity contribution in [2.24, 2.45) is 5.73 Å². The molecule has 1 fully saturated rings. The number of benzene rings is 2. The molecule has 0 bridgehead atoms. The molecule has 0 radical (unpaired) electrons. The first kappa shape index (κ1) is 25.8. The Balaban J connectivity index is 1.58. The van der Waals surface area contributed by atoms with Crippen molar-refractivity contribution in [3.8, 4) is 17.2 Å². The van der Waals surface area contributed by atoms with Crippen molar-refractivity contribution in [3.05, 3.63) is 59.7 Å². The van der Waals surface area contributed by atoms with Crippen molar-refractivity contribution >= 4 is 17.9 Å². The van der Waals surface area contributed by atoms with Crippen molar-refractivity contribution in [2.45, 2.75) is 64.1 Å². The maximum Gasteiger partial charge on any atom is 0.410 e. The van der Waals surface area contributed by atoms with E-state index in [1.54, 1.807) is 0 Å². The van der Waals surface area contributed by atoms with E-state index in [-0.39, 0.29) is 18.4 Å². The number of carbonyl (C=O) groups is 3. The van der Waals surface area contributed by atoms with Gasteiger partial charge in [0.05, 0.1) is 12.5 Å². The Morgan fingerprint density at radius 2 is 1.89 bits per heavy atom. The molecule has 3 N–H and O–H groups in total. The molecule has 3 rings (SSSR count). The topological polar surface area (TPSA) is 126 Å². The van der Waals surface area contributed by atoms with Gasteiger partial charge < -0.3 is 15.8 Å². The van der Waals surface area contributed by atoms with E-state index < -0.39 is 30.0 Å². The van der Waals surface area contributed by atoms with Crippen LogP contribution in [-0.2, 0) is 26.3 Å². The summed E-state index contributed by atoms with van der Waals surface area (Å²) in [6.45, 7) is 7.00. The van der Waals surface area contributed by atoms with Gasteiger partial charge in [0.1, 0.15) is 18.7 Å². The normalized spacial score (nSPS) is 16.3. The number of nitrogens with two attached hydrogens (primary N) is 1. The molecule has 1 aliphatic heterocycles. The fourth-order valence-electron chi connectivity index (χ4n) is 4.04. The molecule has 35 heavy (non-hydrogen) atoms. The lowest BCUT2D eigenvalue weighted by Gasteiger charge is -2.24. The molecule has 3 amide bonds. The molecule has 2 atom stereocenters. The Morgan fingerprint density at radius 3 is 2.51 bits per heavy atom. The second-order valence-corrected chi connectivity index (χ2v) is 9.79. The van der Waals surface area contributed by atoms with Gasteiger partial charge in [-0.05, 0) is 40.5 Å². The SMILES string of the molecule is CC(C)(C)c1cccc(-c2ccc(COC(=O)N3CCC[C@H]3C(=O)N[C@H](C#N)CC(N)=O)cc2)c1. The monoisotopic (exact) mass is 476 g/mol. The van der Waals surface area contributed by atoms with E-state index in [0.29, 0.717) is 19.4 Å². The average molecular weight is 477 g/mol. The highest BCUT2D eigenvalue weighted by molar-refractivity contribution is 5.87. The van der Waals surface area contributed by atoms with Gasteiger partial charge in [-0.15, -0.1) is 0 Å². The van der Waals surface area contributed by atoms with Crippen molar-refractivity contribution in [1.82, 2.24) is 10.2 Å². The highest BCUT2D eigenvalue weighted by Gasteiger charge is 2.36. The lowest BCUT2D eigenvalue weighted by molar-refractivity contribution is -0.125. The van der Waals surface area contributed by atoms with Gasteiger partial charge >= 0.3 is 6.09 Å². The molecule has 8 heteroatoms. The number of nitrogens with zero attached hydrogens (tertiary/aromatic N) is 2. The molecule has 0 aromatic heterocycles. The smallest absolute Gasteiger partial charge is 0.410 e. The summed E-state index contributed by atoms with van der Waals surface area (Å²) in [5, 5.41) is 11.6. The van der Waals surface area contributed by atoms with Crippen LogP contribution in [0.4, 0.5) is 4.79 Å². The highest BCUT2D eigenvalue weighted by Crippen LogP contribution is 2.28. The molecule has 0 aliphatic carbocycles. The fourth-order valence-corrected chi connectivity index (χ4v) is 4.04. The Kier molecular flexibility index (Phi) is 8.13. The van der Waals surface area contributed by atoms with Crippen LogP contribution in [0.1, 0.15) is 51.2 Å². The van der Waals surface area contributed by atoms with Crippen LogP contribution in [0.15, 0.2) is 48.5 Å². The Bertz CT molecular complexity index is 1120. The van der Waals surface area contributed by atoms with E-state index in [9.17, 15) is 14.4 Å². The first-order valence-electron chi connectivity index (χ1n) is 11.7. The van der Waals surface area contributed by atoms with Gasteiger partial charge in [-0.25, -0.2) is 4.79 Å². The first-order chi connectivity index (χ1) is 16.6. The zero-order valence-corrected chi connectivity index (χ0v) is 20.4. The fraction of sp³-hybridized carbons (Fsp3) is 0.407. The van der Waals surface area contributed by atoms with Crippen LogP contribution in [-0.4, -0.2) is 41.4 Å². The number of rotatable bonds is 7. The highest BCUT2D eigenvalue weighted by atomic mass is 16.6. The first-order valence-corrected chi connectivity index (χ1v) is 11.7. The summed E-state index contributed by atoms with van der Waals surface area (Å²) in [5.41, 5.74) is 9.46. The molecular formula is C27H32N4O4. The zero-order chi connectivity index (χ0) is 25.6. The van der Waals surface area contributed by atoms with Gasteiger partial charge in [0.2, 0.25) is 11.8 Å². The lowest BCUT2D eigenvalue weighted by atomic mass is 9.85. The molecule has 184 valence electrons. The summed E-state index contributed by atoms with van der Waals surface area (Å²) in [7, 11) is 0. The molecule has 2 aromatic carbocycles. The summed E-state index contributed by atoms with van der Waals surface area (Å²) in [5.74, 6) is -1.18. The van der Waals surface area contributed by atoms with Crippen molar-refractivity contribution in [2.75, 3.05) is 6.54 Å². The molecule has 1 saturated heterocycles. The second kappa shape index (κ2) is 11.0. The molecule has 8 nitrogen and oxygen atoms in total. The molecule has 1 heterocycles. The van der Waals surface area contributed by atoms with Gasteiger partial charge in [-0.2, -0.15) is 5.26 Å². The number of nitrogens with one attached hydrogen (secondary N) is 1. The van der Waals surface area contributed by atoms with Crippen molar-refractivity contribution < 1.29 is 19.1 Å². The van der Waals surface area contributed by atoms with E-state index in [4.69, 9.17) is 15.7 Å². The Morgan fingerprint density at radius 1 is 1.17 bits per heavy atom. The third-order valence-corrected chi connectivity index (χ3v) is 6.05. The predicted molar refractivity (Wildman–Crippen MR) is 132 cm³/mol. The largest absolute Gasteiger partial charge is 0.445 e. The molecule has 0 spiro atoms. The van der Waals surface area contributed by atoms with Crippen LogP contribution in [0, 0.1) is 11.3 Å². The molecular weight excluding hydrogens is 444 g/mol. The van der Waals surface area contributed by atoms with Crippen molar-refractivity contribution in [3.63, 3.8) is 0 Å². The molecule has 2 aromatic rings. The third-order valence-electron chi connectivity index (χ3n) is 6.05. The quantitative estimate of drug-likeness (QED) is 0.631. The van der Waals surface area contributed by atoms with E-state index in [2.05, 4.69) is 50.4 Å². The molecule has 0 unspecified atom stereocenters. The van der Waals surface area contributed by atoms with Crippen LogP contribution < -0.4 is 11.1 Å². The lowest BCUT2D eigenvalue weighted by Crippen LogP contribution is -2.49. The van der Waals surface area contributed by atoms with E-state index >= 15 is 0 Å². The van der Waals surface area contributed by atoms with E-state index in [1.165, 1.54) is 10.5 Å². The molecule has 1 aliphatic rings. The van der Waals surface area contributed by atoms with Crippen LogP contribution in [0.3, 0.4) is 0 Å². The number of carbonyl (C=O) groups excluding carboxylic acids is 3. The molecule has 0 saturated carbocycles. The number of ether oxygens (including phenoxy) is 1. The summed E-state index contributed by atoms with van der Waals surface area (Å²) < 4.78 is 5.47. The second-order valence-electron chi connectivity index (χ2n) is 9.79. The minimum absolute atomic E-state index is 0.0614. The maximum absolute atomic E-state index is 12.7. The number of likely N-dealkylation sites (tertiary alicyclic amines) is 1. The summed E-state index contributed by atoms with van der Waals surface area (Å²) >= 11 is 0. The van der Waals surface area contributed by atoms with Gasteiger partial charge in [-0.3, -0.25) is 14.5 Å². The Hall–Kier alpha value is -3.86. The Labute approximate surface area is 206 Å². The maximum atomic E-state index is 12.7.